The highest BCUT2D eigenvalue weighted by molar-refractivity contribution is 5.86. The number of piperazine rings is 1. The molecule has 6 heteroatoms. The zero-order chi connectivity index (χ0) is 17.1. The maximum absolute atomic E-state index is 12.4. The average Bonchev–Trinajstić information content (AvgIpc) is 2.63. The summed E-state index contributed by atoms with van der Waals surface area (Å²) in [6.45, 7) is 6.36. The lowest BCUT2D eigenvalue weighted by molar-refractivity contribution is -0.135. The molecule has 1 fully saturated rings. The number of carbonyl (C=O) groups excluding carboxylic acids is 1. The molecule has 0 aliphatic carbocycles. The second kappa shape index (κ2) is 7.05. The summed E-state index contributed by atoms with van der Waals surface area (Å²) in [4.78, 5) is 28.6. The Morgan fingerprint density at radius 3 is 2.58 bits per heavy atom. The van der Waals surface area contributed by atoms with E-state index in [-0.39, 0.29) is 18.1 Å². The second-order valence-corrected chi connectivity index (χ2v) is 6.03. The number of fused-ring (bicyclic) bond motifs is 1. The van der Waals surface area contributed by atoms with Gasteiger partial charge in [0.1, 0.15) is 5.75 Å². The van der Waals surface area contributed by atoms with Crippen LogP contribution in [0.3, 0.4) is 0 Å². The van der Waals surface area contributed by atoms with Crippen LogP contribution in [0.25, 0.3) is 10.9 Å². The molecule has 0 unspecified atom stereocenters. The molecule has 1 saturated heterocycles. The molecule has 2 aromatic rings. The molecule has 3 rings (SSSR count). The van der Waals surface area contributed by atoms with Crippen molar-refractivity contribution >= 4 is 16.8 Å². The third-order valence-electron chi connectivity index (χ3n) is 4.64. The van der Waals surface area contributed by atoms with Crippen LogP contribution in [0, 0.1) is 0 Å². The number of para-hydroxylation sites is 1. The SMILES string of the molecule is CCN1CCN(C(=O)COc2cc(=O)n(C)c3ccccc23)CC1. The molecule has 0 saturated carbocycles. The van der Waals surface area contributed by atoms with Crippen molar-refractivity contribution in [3.05, 3.63) is 40.7 Å². The average molecular weight is 329 g/mol. The maximum atomic E-state index is 12.4. The van der Waals surface area contributed by atoms with E-state index in [9.17, 15) is 9.59 Å². The molecule has 6 nitrogen and oxygen atoms in total. The summed E-state index contributed by atoms with van der Waals surface area (Å²) in [7, 11) is 1.73. The van der Waals surface area contributed by atoms with Gasteiger partial charge in [-0.1, -0.05) is 19.1 Å². The summed E-state index contributed by atoms with van der Waals surface area (Å²) in [5.41, 5.74) is 0.650. The smallest absolute Gasteiger partial charge is 0.260 e. The molecule has 1 aliphatic heterocycles. The lowest BCUT2D eigenvalue weighted by Crippen LogP contribution is -2.49. The highest BCUT2D eigenvalue weighted by Crippen LogP contribution is 2.23. The van der Waals surface area contributed by atoms with Crippen LogP contribution in [0.1, 0.15) is 6.92 Å². The molecule has 0 radical (unpaired) electrons. The van der Waals surface area contributed by atoms with E-state index in [0.717, 1.165) is 43.6 Å². The van der Waals surface area contributed by atoms with Crippen LogP contribution in [0.15, 0.2) is 35.1 Å². The lowest BCUT2D eigenvalue weighted by Gasteiger charge is -2.34. The first-order valence-corrected chi connectivity index (χ1v) is 8.32. The van der Waals surface area contributed by atoms with Crippen molar-refractivity contribution in [1.82, 2.24) is 14.4 Å². The van der Waals surface area contributed by atoms with Crippen LogP contribution in [-0.4, -0.2) is 59.6 Å². The summed E-state index contributed by atoms with van der Waals surface area (Å²) in [6, 6.07) is 8.99. The summed E-state index contributed by atoms with van der Waals surface area (Å²) < 4.78 is 7.28. The van der Waals surface area contributed by atoms with Gasteiger partial charge < -0.3 is 19.1 Å². The fourth-order valence-corrected chi connectivity index (χ4v) is 3.04. The molecule has 2 heterocycles. The number of likely N-dealkylation sites (N-methyl/N-ethyl adjacent to an activating group) is 1. The van der Waals surface area contributed by atoms with Gasteiger partial charge in [-0.15, -0.1) is 0 Å². The van der Waals surface area contributed by atoms with Crippen LogP contribution in [-0.2, 0) is 11.8 Å². The number of benzene rings is 1. The van der Waals surface area contributed by atoms with Gasteiger partial charge in [0.2, 0.25) is 0 Å². The highest BCUT2D eigenvalue weighted by Gasteiger charge is 2.20. The molecule has 1 aromatic carbocycles. The van der Waals surface area contributed by atoms with Gasteiger partial charge in [0.05, 0.1) is 5.52 Å². The second-order valence-electron chi connectivity index (χ2n) is 6.03. The molecular formula is C18H23N3O3. The van der Waals surface area contributed by atoms with Crippen LogP contribution >= 0.6 is 0 Å². The normalized spacial score (nSPS) is 15.7. The van der Waals surface area contributed by atoms with Crippen LogP contribution < -0.4 is 10.3 Å². The van der Waals surface area contributed by atoms with Gasteiger partial charge in [0.15, 0.2) is 6.61 Å². The molecule has 0 bridgehead atoms. The summed E-state index contributed by atoms with van der Waals surface area (Å²) >= 11 is 0. The Balaban J connectivity index is 1.71. The highest BCUT2D eigenvalue weighted by atomic mass is 16.5. The lowest BCUT2D eigenvalue weighted by atomic mass is 10.2. The zero-order valence-corrected chi connectivity index (χ0v) is 14.2. The summed E-state index contributed by atoms with van der Waals surface area (Å²) in [5.74, 6) is 0.435. The van der Waals surface area contributed by atoms with Crippen molar-refractivity contribution in [2.24, 2.45) is 7.05 Å². The van der Waals surface area contributed by atoms with E-state index >= 15 is 0 Å². The number of carbonyl (C=O) groups is 1. The first-order valence-electron chi connectivity index (χ1n) is 8.32. The van der Waals surface area contributed by atoms with Crippen LogP contribution in [0.4, 0.5) is 0 Å². The van der Waals surface area contributed by atoms with Crippen molar-refractivity contribution in [3.63, 3.8) is 0 Å². The first-order chi connectivity index (χ1) is 11.6. The number of aromatic nitrogens is 1. The van der Waals surface area contributed by atoms with E-state index in [1.807, 2.05) is 29.2 Å². The third kappa shape index (κ3) is 3.28. The number of hydrogen-bond acceptors (Lipinski definition) is 4. The molecule has 1 aromatic heterocycles. The molecule has 1 aliphatic rings. The Morgan fingerprint density at radius 1 is 1.17 bits per heavy atom. The molecule has 128 valence electrons. The third-order valence-corrected chi connectivity index (χ3v) is 4.64. The van der Waals surface area contributed by atoms with Gasteiger partial charge in [-0.25, -0.2) is 0 Å². The Morgan fingerprint density at radius 2 is 1.88 bits per heavy atom. The van der Waals surface area contributed by atoms with E-state index < -0.39 is 0 Å². The van der Waals surface area contributed by atoms with Crippen molar-refractivity contribution < 1.29 is 9.53 Å². The fraction of sp³-hybridized carbons (Fsp3) is 0.444. The van der Waals surface area contributed by atoms with Crippen molar-refractivity contribution in [1.29, 1.82) is 0 Å². The fourth-order valence-electron chi connectivity index (χ4n) is 3.04. The molecule has 0 N–H and O–H groups in total. The Labute approximate surface area is 141 Å². The molecule has 1 amide bonds. The first kappa shape index (κ1) is 16.5. The van der Waals surface area contributed by atoms with Crippen LogP contribution in [0.5, 0.6) is 5.75 Å². The molecule has 0 atom stereocenters. The number of aryl methyl sites for hydroxylation is 1. The zero-order valence-electron chi connectivity index (χ0n) is 14.2. The number of rotatable bonds is 4. The molecule has 24 heavy (non-hydrogen) atoms. The minimum Gasteiger partial charge on any atom is -0.483 e. The van der Waals surface area contributed by atoms with Gasteiger partial charge in [-0.05, 0) is 18.7 Å². The number of amides is 1. The number of nitrogens with zero attached hydrogens (tertiary/aromatic N) is 3. The number of pyridine rings is 1. The summed E-state index contributed by atoms with van der Waals surface area (Å²) in [6.07, 6.45) is 0. The largest absolute Gasteiger partial charge is 0.483 e. The van der Waals surface area contributed by atoms with E-state index in [0.29, 0.717) is 5.75 Å². The summed E-state index contributed by atoms with van der Waals surface area (Å²) in [5, 5.41) is 0.836. The number of hydrogen-bond donors (Lipinski definition) is 0. The van der Waals surface area contributed by atoms with Crippen molar-refractivity contribution in [2.75, 3.05) is 39.3 Å². The predicted octanol–water partition coefficient (Wildman–Crippen LogP) is 1.08. The van der Waals surface area contributed by atoms with Gasteiger partial charge in [0, 0.05) is 44.7 Å². The standard InChI is InChI=1S/C18H23N3O3/c1-3-20-8-10-21(11-9-20)18(23)13-24-16-12-17(22)19(2)15-7-5-4-6-14(15)16/h4-7,12H,3,8-11,13H2,1-2H3. The van der Waals surface area contributed by atoms with E-state index in [2.05, 4.69) is 11.8 Å². The van der Waals surface area contributed by atoms with E-state index in [1.165, 1.54) is 6.07 Å². The van der Waals surface area contributed by atoms with Gasteiger partial charge in [0.25, 0.3) is 11.5 Å². The Kier molecular flexibility index (Phi) is 4.85. The monoisotopic (exact) mass is 329 g/mol. The molecular weight excluding hydrogens is 306 g/mol. The minimum atomic E-state index is -0.146. The van der Waals surface area contributed by atoms with Gasteiger partial charge in [-0.3, -0.25) is 9.59 Å². The van der Waals surface area contributed by atoms with E-state index in [4.69, 9.17) is 4.74 Å². The van der Waals surface area contributed by atoms with Crippen LogP contribution in [0.2, 0.25) is 0 Å². The number of ether oxygens (including phenoxy) is 1. The van der Waals surface area contributed by atoms with Gasteiger partial charge >= 0.3 is 0 Å². The van der Waals surface area contributed by atoms with Crippen molar-refractivity contribution in [3.8, 4) is 5.75 Å². The topological polar surface area (TPSA) is 54.8 Å². The van der Waals surface area contributed by atoms with E-state index in [1.54, 1.807) is 11.6 Å². The molecule has 0 spiro atoms. The van der Waals surface area contributed by atoms with Gasteiger partial charge in [-0.2, -0.15) is 0 Å². The quantitative estimate of drug-likeness (QED) is 0.842. The Bertz CT molecular complexity index is 792. The maximum Gasteiger partial charge on any atom is 0.260 e. The minimum absolute atomic E-state index is 0.0319. The van der Waals surface area contributed by atoms with Crippen molar-refractivity contribution in [2.45, 2.75) is 6.92 Å². The predicted molar refractivity (Wildman–Crippen MR) is 93.4 cm³/mol. The Hall–Kier alpha value is -2.34.